The number of aryl methyl sites for hydroxylation is 1. The van der Waals surface area contributed by atoms with E-state index in [0.717, 1.165) is 11.3 Å². The van der Waals surface area contributed by atoms with Crippen LogP contribution in [0.5, 0.6) is 0 Å². The van der Waals surface area contributed by atoms with Crippen LogP contribution in [0, 0.1) is 6.92 Å². The van der Waals surface area contributed by atoms with Crippen LogP contribution in [0.25, 0.3) is 6.08 Å². The summed E-state index contributed by atoms with van der Waals surface area (Å²) in [4.78, 5) is 11.8. The van der Waals surface area contributed by atoms with E-state index in [2.05, 4.69) is 5.32 Å². The van der Waals surface area contributed by atoms with E-state index >= 15 is 0 Å². The SMILES string of the molecule is COC(=O)[C@H](N)[C@H](/C=C/c1ccccc1)Nc1ccc(C)cc1. The Bertz CT molecular complexity index is 651. The van der Waals surface area contributed by atoms with Crippen LogP contribution in [-0.4, -0.2) is 25.2 Å². The highest BCUT2D eigenvalue weighted by Gasteiger charge is 2.23. The van der Waals surface area contributed by atoms with Crippen molar-refractivity contribution in [2.45, 2.75) is 19.0 Å². The Morgan fingerprint density at radius 1 is 1.13 bits per heavy atom. The number of hydrogen-bond acceptors (Lipinski definition) is 4. The first-order valence-corrected chi connectivity index (χ1v) is 7.50. The molecule has 0 heterocycles. The zero-order valence-corrected chi connectivity index (χ0v) is 13.4. The van der Waals surface area contributed by atoms with Gasteiger partial charge in [-0.25, -0.2) is 0 Å². The van der Waals surface area contributed by atoms with Crippen LogP contribution in [0.1, 0.15) is 11.1 Å². The summed E-state index contributed by atoms with van der Waals surface area (Å²) in [5.74, 6) is -0.452. The van der Waals surface area contributed by atoms with Gasteiger partial charge in [0.05, 0.1) is 13.2 Å². The number of nitrogens with one attached hydrogen (secondary N) is 1. The molecule has 2 rings (SSSR count). The van der Waals surface area contributed by atoms with Crippen molar-refractivity contribution < 1.29 is 9.53 Å². The van der Waals surface area contributed by atoms with E-state index in [9.17, 15) is 4.79 Å². The lowest BCUT2D eigenvalue weighted by atomic mass is 10.1. The molecule has 0 fully saturated rings. The van der Waals surface area contributed by atoms with Crippen LogP contribution in [0.15, 0.2) is 60.7 Å². The number of carbonyl (C=O) groups is 1. The van der Waals surface area contributed by atoms with Crippen molar-refractivity contribution in [2.24, 2.45) is 5.73 Å². The molecule has 3 N–H and O–H groups in total. The molecule has 0 aromatic heterocycles. The third-order valence-corrected chi connectivity index (χ3v) is 3.54. The number of ether oxygens (including phenoxy) is 1. The highest BCUT2D eigenvalue weighted by molar-refractivity contribution is 5.78. The molecule has 2 aromatic rings. The fourth-order valence-corrected chi connectivity index (χ4v) is 2.16. The van der Waals surface area contributed by atoms with E-state index < -0.39 is 12.0 Å². The van der Waals surface area contributed by atoms with Gasteiger partial charge in [0, 0.05) is 5.69 Å². The minimum atomic E-state index is -0.790. The minimum absolute atomic E-state index is 0.370. The largest absolute Gasteiger partial charge is 0.468 e. The number of rotatable bonds is 6. The molecule has 0 radical (unpaired) electrons. The van der Waals surface area contributed by atoms with Gasteiger partial charge in [-0.2, -0.15) is 0 Å². The van der Waals surface area contributed by atoms with Gasteiger partial charge in [-0.1, -0.05) is 60.2 Å². The van der Waals surface area contributed by atoms with E-state index in [1.54, 1.807) is 0 Å². The monoisotopic (exact) mass is 310 g/mol. The number of methoxy groups -OCH3 is 1. The molecule has 2 aromatic carbocycles. The van der Waals surface area contributed by atoms with Crippen molar-refractivity contribution >= 4 is 17.7 Å². The fourth-order valence-electron chi connectivity index (χ4n) is 2.16. The molecule has 0 spiro atoms. The molecule has 23 heavy (non-hydrogen) atoms. The normalized spacial score (nSPS) is 13.5. The Labute approximate surface area is 137 Å². The van der Waals surface area contributed by atoms with Crippen LogP contribution in [-0.2, 0) is 9.53 Å². The molecule has 0 aliphatic carbocycles. The summed E-state index contributed by atoms with van der Waals surface area (Å²) in [5.41, 5.74) is 9.14. The lowest BCUT2D eigenvalue weighted by molar-refractivity contribution is -0.142. The Balaban J connectivity index is 2.19. The molecule has 0 saturated heterocycles. The highest BCUT2D eigenvalue weighted by atomic mass is 16.5. The van der Waals surface area contributed by atoms with E-state index in [0.29, 0.717) is 0 Å². The number of nitrogens with two attached hydrogens (primary N) is 1. The summed E-state index contributed by atoms with van der Waals surface area (Å²) < 4.78 is 4.76. The van der Waals surface area contributed by atoms with E-state index in [1.165, 1.54) is 12.7 Å². The lowest BCUT2D eigenvalue weighted by Crippen LogP contribution is -2.45. The van der Waals surface area contributed by atoms with Crippen LogP contribution in [0.2, 0.25) is 0 Å². The Morgan fingerprint density at radius 3 is 2.39 bits per heavy atom. The number of hydrogen-bond donors (Lipinski definition) is 2. The van der Waals surface area contributed by atoms with Crippen molar-refractivity contribution in [3.63, 3.8) is 0 Å². The average molecular weight is 310 g/mol. The second-order valence-electron chi connectivity index (χ2n) is 5.35. The maximum absolute atomic E-state index is 11.8. The molecular weight excluding hydrogens is 288 g/mol. The average Bonchev–Trinajstić information content (AvgIpc) is 2.59. The van der Waals surface area contributed by atoms with Gasteiger partial charge in [-0.05, 0) is 24.6 Å². The lowest BCUT2D eigenvalue weighted by Gasteiger charge is -2.21. The van der Waals surface area contributed by atoms with Crippen molar-refractivity contribution in [3.8, 4) is 0 Å². The predicted molar refractivity (Wildman–Crippen MR) is 94.1 cm³/mol. The maximum atomic E-state index is 11.8. The number of esters is 1. The number of benzene rings is 2. The van der Waals surface area contributed by atoms with Gasteiger partial charge in [0.15, 0.2) is 0 Å². The van der Waals surface area contributed by atoms with Gasteiger partial charge < -0.3 is 15.8 Å². The van der Waals surface area contributed by atoms with Gasteiger partial charge in [-0.3, -0.25) is 4.79 Å². The van der Waals surface area contributed by atoms with Crippen molar-refractivity contribution in [3.05, 3.63) is 71.8 Å². The van der Waals surface area contributed by atoms with E-state index in [1.807, 2.05) is 73.7 Å². The van der Waals surface area contributed by atoms with E-state index in [4.69, 9.17) is 10.5 Å². The van der Waals surface area contributed by atoms with Crippen molar-refractivity contribution in [2.75, 3.05) is 12.4 Å². The molecule has 0 amide bonds. The second-order valence-corrected chi connectivity index (χ2v) is 5.35. The Morgan fingerprint density at radius 2 is 1.78 bits per heavy atom. The molecule has 2 atom stereocenters. The van der Waals surface area contributed by atoms with Crippen molar-refractivity contribution in [1.29, 1.82) is 0 Å². The molecule has 4 nitrogen and oxygen atoms in total. The molecule has 4 heteroatoms. The smallest absolute Gasteiger partial charge is 0.325 e. The maximum Gasteiger partial charge on any atom is 0.325 e. The summed E-state index contributed by atoms with van der Waals surface area (Å²) >= 11 is 0. The summed E-state index contributed by atoms with van der Waals surface area (Å²) in [6.07, 6.45) is 3.82. The van der Waals surface area contributed by atoms with E-state index in [-0.39, 0.29) is 6.04 Å². The topological polar surface area (TPSA) is 64.3 Å². The molecule has 0 aliphatic heterocycles. The van der Waals surface area contributed by atoms with Crippen molar-refractivity contribution in [1.82, 2.24) is 0 Å². The summed E-state index contributed by atoms with van der Waals surface area (Å²) in [6, 6.07) is 16.6. The van der Waals surface area contributed by atoms with Gasteiger partial charge in [0.25, 0.3) is 0 Å². The minimum Gasteiger partial charge on any atom is -0.468 e. The molecule has 0 unspecified atom stereocenters. The number of anilines is 1. The Hall–Kier alpha value is -2.59. The van der Waals surface area contributed by atoms with Crippen LogP contribution < -0.4 is 11.1 Å². The molecular formula is C19H22N2O2. The van der Waals surface area contributed by atoms with Gasteiger partial charge in [0.2, 0.25) is 0 Å². The fraction of sp³-hybridized carbons (Fsp3) is 0.211. The van der Waals surface area contributed by atoms with Gasteiger partial charge in [-0.15, -0.1) is 0 Å². The van der Waals surface area contributed by atoms with Crippen LogP contribution in [0.3, 0.4) is 0 Å². The zero-order chi connectivity index (χ0) is 16.7. The molecule has 0 bridgehead atoms. The second kappa shape index (κ2) is 8.15. The Kier molecular flexibility index (Phi) is 5.94. The first kappa shape index (κ1) is 16.8. The van der Waals surface area contributed by atoms with Crippen LogP contribution >= 0.6 is 0 Å². The number of carbonyl (C=O) groups excluding carboxylic acids is 1. The third kappa shape index (κ3) is 4.97. The zero-order valence-electron chi connectivity index (χ0n) is 13.4. The summed E-state index contributed by atoms with van der Waals surface area (Å²) in [6.45, 7) is 2.02. The van der Waals surface area contributed by atoms with Gasteiger partial charge >= 0.3 is 5.97 Å². The quantitative estimate of drug-likeness (QED) is 0.805. The third-order valence-electron chi connectivity index (χ3n) is 3.54. The van der Waals surface area contributed by atoms with Crippen LogP contribution in [0.4, 0.5) is 5.69 Å². The highest BCUT2D eigenvalue weighted by Crippen LogP contribution is 2.13. The van der Waals surface area contributed by atoms with Gasteiger partial charge in [0.1, 0.15) is 6.04 Å². The standard InChI is InChI=1S/C19H22N2O2/c1-14-8-11-16(12-9-14)21-17(18(20)19(22)23-2)13-10-15-6-4-3-5-7-15/h3-13,17-18,21H,20H2,1-2H3/b13-10+/t17-,18+/m0/s1. The summed E-state index contributed by atoms with van der Waals surface area (Å²) in [7, 11) is 1.34. The predicted octanol–water partition coefficient (Wildman–Crippen LogP) is 2.99. The first-order chi connectivity index (χ1) is 11.1. The molecule has 0 saturated carbocycles. The summed E-state index contributed by atoms with van der Waals surface area (Å²) in [5, 5.41) is 3.28. The molecule has 0 aliphatic rings. The molecule has 120 valence electrons. The first-order valence-electron chi connectivity index (χ1n) is 7.50.